The lowest BCUT2D eigenvalue weighted by molar-refractivity contribution is -0.128. The number of amides is 2. The Morgan fingerprint density at radius 1 is 1.00 bits per heavy atom. The van der Waals surface area contributed by atoms with Gasteiger partial charge in [-0.3, -0.25) is 14.6 Å². The van der Waals surface area contributed by atoms with Gasteiger partial charge in [0.1, 0.15) is 0 Å². The van der Waals surface area contributed by atoms with E-state index in [1.165, 1.54) is 19.3 Å². The summed E-state index contributed by atoms with van der Waals surface area (Å²) in [5.74, 6) is -0.167. The maximum Gasteiger partial charge on any atom is 0.254 e. The number of carbonyl (C=O) groups is 2. The first kappa shape index (κ1) is 20.2. The van der Waals surface area contributed by atoms with Crippen LogP contribution in [0.15, 0.2) is 48.7 Å². The van der Waals surface area contributed by atoms with E-state index < -0.39 is 5.54 Å². The lowest BCUT2D eigenvalue weighted by atomic mass is 9.64. The molecule has 5 heteroatoms. The average molecular weight is 418 g/mol. The summed E-state index contributed by atoms with van der Waals surface area (Å²) in [5, 5.41) is 3.17. The quantitative estimate of drug-likeness (QED) is 0.792. The molecule has 2 saturated carbocycles. The molecule has 1 aromatic heterocycles. The predicted molar refractivity (Wildman–Crippen MR) is 120 cm³/mol. The Labute approximate surface area is 184 Å². The zero-order valence-electron chi connectivity index (χ0n) is 18.1. The minimum absolute atomic E-state index is 0.0236. The van der Waals surface area contributed by atoms with Gasteiger partial charge in [0.25, 0.3) is 5.91 Å². The normalized spacial score (nSPS) is 23.0. The topological polar surface area (TPSA) is 62.3 Å². The largest absolute Gasteiger partial charge is 0.350 e. The zero-order valence-corrected chi connectivity index (χ0v) is 18.1. The fourth-order valence-corrected chi connectivity index (χ4v) is 6.26. The van der Waals surface area contributed by atoms with E-state index in [0.29, 0.717) is 12.1 Å². The van der Waals surface area contributed by atoms with Crippen LogP contribution in [0.1, 0.15) is 85.3 Å². The molecule has 0 radical (unpaired) electrons. The molecular formula is C26H31N3O2. The van der Waals surface area contributed by atoms with Gasteiger partial charge in [-0.1, -0.05) is 56.4 Å². The molecule has 2 aliphatic carbocycles. The van der Waals surface area contributed by atoms with E-state index in [2.05, 4.69) is 15.2 Å². The van der Waals surface area contributed by atoms with Crippen LogP contribution in [0.3, 0.4) is 0 Å². The Kier molecular flexibility index (Phi) is 5.51. The van der Waals surface area contributed by atoms with Crippen molar-refractivity contribution in [3.8, 4) is 0 Å². The highest BCUT2D eigenvalue weighted by molar-refractivity contribution is 6.02. The van der Waals surface area contributed by atoms with Crippen molar-refractivity contribution in [2.24, 2.45) is 0 Å². The number of hydrogen-bond acceptors (Lipinski definition) is 3. The summed E-state index contributed by atoms with van der Waals surface area (Å²) in [5.41, 5.74) is 2.06. The number of nitrogens with one attached hydrogen (secondary N) is 1. The summed E-state index contributed by atoms with van der Waals surface area (Å²) in [6, 6.07) is 13.8. The molecule has 2 amide bonds. The van der Waals surface area contributed by atoms with Gasteiger partial charge < -0.3 is 10.2 Å². The molecule has 2 heterocycles. The van der Waals surface area contributed by atoms with Gasteiger partial charge in [-0.25, -0.2) is 0 Å². The highest BCUT2D eigenvalue weighted by atomic mass is 16.2. The van der Waals surface area contributed by atoms with E-state index in [1.54, 1.807) is 6.20 Å². The first-order chi connectivity index (χ1) is 15.2. The third-order valence-electron chi connectivity index (χ3n) is 7.58. The van der Waals surface area contributed by atoms with Gasteiger partial charge >= 0.3 is 0 Å². The summed E-state index contributed by atoms with van der Waals surface area (Å²) in [4.78, 5) is 34.1. The minimum atomic E-state index is -0.410. The fraction of sp³-hybridized carbons (Fsp3) is 0.500. The SMILES string of the molecule is O=C(NCc1ccccn1)[C@@H]1c2ccccc2C(=O)N(C2CCCC2)C12CCCCC2. The van der Waals surface area contributed by atoms with Crippen LogP contribution >= 0.6 is 0 Å². The Morgan fingerprint density at radius 2 is 1.74 bits per heavy atom. The number of pyridine rings is 1. The van der Waals surface area contributed by atoms with Crippen LogP contribution in [-0.4, -0.2) is 33.3 Å². The van der Waals surface area contributed by atoms with Gasteiger partial charge in [0.2, 0.25) is 5.91 Å². The zero-order chi connectivity index (χ0) is 21.3. The smallest absolute Gasteiger partial charge is 0.254 e. The molecule has 0 saturated heterocycles. The Bertz CT molecular complexity index is 946. The van der Waals surface area contributed by atoms with Crippen molar-refractivity contribution in [1.29, 1.82) is 0 Å². The van der Waals surface area contributed by atoms with Crippen molar-refractivity contribution in [3.05, 3.63) is 65.5 Å². The molecule has 5 rings (SSSR count). The molecule has 1 aromatic carbocycles. The van der Waals surface area contributed by atoms with Crippen LogP contribution in [-0.2, 0) is 11.3 Å². The van der Waals surface area contributed by atoms with E-state index in [4.69, 9.17) is 0 Å². The number of carbonyl (C=O) groups excluding carboxylic acids is 2. The third kappa shape index (κ3) is 3.54. The van der Waals surface area contributed by atoms with Gasteiger partial charge in [0, 0.05) is 17.8 Å². The molecule has 1 N–H and O–H groups in total. The van der Waals surface area contributed by atoms with E-state index in [9.17, 15) is 9.59 Å². The molecule has 1 aliphatic heterocycles. The van der Waals surface area contributed by atoms with Gasteiger partial charge in [-0.05, 0) is 49.4 Å². The molecule has 3 aliphatic rings. The molecule has 31 heavy (non-hydrogen) atoms. The van der Waals surface area contributed by atoms with E-state index in [0.717, 1.165) is 49.8 Å². The summed E-state index contributed by atoms with van der Waals surface area (Å²) in [6.45, 7) is 0.409. The molecule has 2 aromatic rings. The molecule has 0 unspecified atom stereocenters. The van der Waals surface area contributed by atoms with Crippen LogP contribution in [0.4, 0.5) is 0 Å². The van der Waals surface area contributed by atoms with Crippen LogP contribution in [0.5, 0.6) is 0 Å². The number of rotatable bonds is 4. The first-order valence-corrected chi connectivity index (χ1v) is 11.8. The molecular weight excluding hydrogens is 386 g/mol. The highest BCUT2D eigenvalue weighted by Crippen LogP contribution is 2.51. The van der Waals surface area contributed by atoms with Crippen LogP contribution in [0.25, 0.3) is 0 Å². The molecule has 162 valence electrons. The van der Waals surface area contributed by atoms with Crippen LogP contribution < -0.4 is 5.32 Å². The average Bonchev–Trinajstić information content (AvgIpc) is 3.33. The van der Waals surface area contributed by atoms with Crippen molar-refractivity contribution in [2.45, 2.75) is 81.8 Å². The van der Waals surface area contributed by atoms with Crippen molar-refractivity contribution in [1.82, 2.24) is 15.2 Å². The minimum Gasteiger partial charge on any atom is -0.350 e. The number of fused-ring (bicyclic) bond motifs is 1. The van der Waals surface area contributed by atoms with E-state index in [-0.39, 0.29) is 23.8 Å². The molecule has 0 bridgehead atoms. The lowest BCUT2D eigenvalue weighted by Gasteiger charge is -2.56. The molecule has 1 atom stereocenters. The van der Waals surface area contributed by atoms with Gasteiger partial charge in [-0.2, -0.15) is 0 Å². The second-order valence-electron chi connectivity index (χ2n) is 9.34. The first-order valence-electron chi connectivity index (χ1n) is 11.8. The monoisotopic (exact) mass is 417 g/mol. The summed E-state index contributed by atoms with van der Waals surface area (Å²) in [7, 11) is 0. The fourth-order valence-electron chi connectivity index (χ4n) is 6.26. The summed E-state index contributed by atoms with van der Waals surface area (Å²) >= 11 is 0. The maximum absolute atomic E-state index is 13.8. The second-order valence-corrected chi connectivity index (χ2v) is 9.34. The molecule has 5 nitrogen and oxygen atoms in total. The maximum atomic E-state index is 13.8. The summed E-state index contributed by atoms with van der Waals surface area (Å²) in [6.07, 6.45) is 11.3. The number of nitrogens with zero attached hydrogens (tertiary/aromatic N) is 2. The Hall–Kier alpha value is -2.69. The van der Waals surface area contributed by atoms with Gasteiger partial charge in [-0.15, -0.1) is 0 Å². The van der Waals surface area contributed by atoms with E-state index in [1.807, 2.05) is 42.5 Å². The Balaban J connectivity index is 1.56. The van der Waals surface area contributed by atoms with Crippen LogP contribution in [0, 0.1) is 0 Å². The standard InChI is InChI=1S/C26H31N3O2/c30-24(28-18-19-10-6-9-17-27-19)23-21-13-4-5-14-22(21)25(31)29(20-11-2-3-12-20)26(23)15-7-1-8-16-26/h4-6,9-10,13-14,17,20,23H,1-3,7-8,11-12,15-16,18H2,(H,28,30)/t23-/m0/s1. The highest BCUT2D eigenvalue weighted by Gasteiger charge is 2.56. The van der Waals surface area contributed by atoms with Crippen molar-refractivity contribution in [2.75, 3.05) is 0 Å². The number of hydrogen-bond donors (Lipinski definition) is 1. The number of aromatic nitrogens is 1. The van der Waals surface area contributed by atoms with Gasteiger partial charge in [0.05, 0.1) is 23.7 Å². The van der Waals surface area contributed by atoms with Crippen molar-refractivity contribution >= 4 is 11.8 Å². The van der Waals surface area contributed by atoms with Gasteiger partial charge in [0.15, 0.2) is 0 Å². The third-order valence-corrected chi connectivity index (χ3v) is 7.58. The van der Waals surface area contributed by atoms with Crippen molar-refractivity contribution < 1.29 is 9.59 Å². The van der Waals surface area contributed by atoms with E-state index >= 15 is 0 Å². The summed E-state index contributed by atoms with van der Waals surface area (Å²) < 4.78 is 0. The molecule has 2 fully saturated rings. The van der Waals surface area contributed by atoms with Crippen LogP contribution in [0.2, 0.25) is 0 Å². The number of benzene rings is 1. The van der Waals surface area contributed by atoms with Crippen molar-refractivity contribution in [3.63, 3.8) is 0 Å². The second kappa shape index (κ2) is 8.45. The molecule has 1 spiro atoms. The predicted octanol–water partition coefficient (Wildman–Crippen LogP) is 4.58. The lowest BCUT2D eigenvalue weighted by Crippen LogP contribution is -2.65. The Morgan fingerprint density at radius 3 is 2.48 bits per heavy atom.